The molecule has 0 spiro atoms. The molecule has 3 aromatic heterocycles. The van der Waals surface area contributed by atoms with Gasteiger partial charge in [0.1, 0.15) is 0 Å². The van der Waals surface area contributed by atoms with E-state index in [9.17, 15) is 0 Å². The summed E-state index contributed by atoms with van der Waals surface area (Å²) in [5.74, 6) is 2.21. The predicted molar refractivity (Wildman–Crippen MR) is 450 cm³/mol. The number of aromatic nitrogens is 6. The van der Waals surface area contributed by atoms with Gasteiger partial charge in [0.25, 0.3) is 6.71 Å². The van der Waals surface area contributed by atoms with Crippen molar-refractivity contribution >= 4 is 79.0 Å². The van der Waals surface area contributed by atoms with E-state index >= 15 is 0 Å². The lowest BCUT2D eigenvalue weighted by atomic mass is 9.33. The molecule has 0 saturated heterocycles. The van der Waals surface area contributed by atoms with Crippen LogP contribution in [0.5, 0.6) is 0 Å². The highest BCUT2D eigenvalue weighted by atomic mass is 15.2. The third-order valence-corrected chi connectivity index (χ3v) is 21.6. The highest BCUT2D eigenvalue weighted by Crippen LogP contribution is 2.49. The fourth-order valence-corrected chi connectivity index (χ4v) is 16.0. The molecule has 2 aliphatic heterocycles. The van der Waals surface area contributed by atoms with Gasteiger partial charge < -0.3 is 14.4 Å². The van der Waals surface area contributed by atoms with Gasteiger partial charge in [0, 0.05) is 78.3 Å². The lowest BCUT2D eigenvalue weighted by molar-refractivity contribution is 0.590. The van der Waals surface area contributed by atoms with Gasteiger partial charge in [-0.2, -0.15) is 0 Å². The van der Waals surface area contributed by atoms with Gasteiger partial charge in [-0.25, -0.2) is 24.9 Å². The molecule has 514 valence electrons. The number of para-hydroxylation sites is 1. The molecule has 0 saturated carbocycles. The molecule has 8 nitrogen and oxygen atoms in total. The van der Waals surface area contributed by atoms with Crippen molar-refractivity contribution in [1.82, 2.24) is 29.5 Å². The zero-order valence-electron chi connectivity index (χ0n) is 61.1. The van der Waals surface area contributed by atoms with Gasteiger partial charge in [-0.1, -0.05) is 296 Å². The number of benzene rings is 14. The van der Waals surface area contributed by atoms with E-state index in [4.69, 9.17) is 24.9 Å². The van der Waals surface area contributed by atoms with Crippen LogP contribution in [0.3, 0.4) is 0 Å². The van der Waals surface area contributed by atoms with Gasteiger partial charge in [-0.3, -0.25) is 0 Å². The molecule has 0 aliphatic carbocycles. The Hall–Kier alpha value is -13.4. The molecule has 0 radical (unpaired) electrons. The first-order chi connectivity index (χ1) is 52.8. The topological polar surface area (TPSA) is 75.9 Å². The summed E-state index contributed by atoms with van der Waals surface area (Å²) in [6.45, 7) is 13.9. The van der Waals surface area contributed by atoms with E-state index in [0.717, 1.165) is 106 Å². The molecule has 108 heavy (non-hydrogen) atoms. The molecule has 14 aromatic carbocycles. The molecule has 0 bridgehead atoms. The van der Waals surface area contributed by atoms with Crippen molar-refractivity contribution in [2.45, 2.75) is 52.4 Å². The maximum Gasteiger partial charge on any atom is 0.252 e. The van der Waals surface area contributed by atoms with Crippen molar-refractivity contribution in [3.8, 4) is 107 Å². The summed E-state index contributed by atoms with van der Waals surface area (Å²) < 4.78 is 2.40. The van der Waals surface area contributed by atoms with Gasteiger partial charge in [0.2, 0.25) is 0 Å². The molecule has 9 heteroatoms. The molecule has 19 rings (SSSR count). The number of anilines is 6. The first-order valence-corrected chi connectivity index (χ1v) is 37.2. The van der Waals surface area contributed by atoms with Gasteiger partial charge in [0.15, 0.2) is 23.3 Å². The quantitative estimate of drug-likeness (QED) is 0.113. The second-order valence-corrected chi connectivity index (χ2v) is 30.5. The summed E-state index contributed by atoms with van der Waals surface area (Å²) in [5, 5.41) is 2.20. The third kappa shape index (κ3) is 11.7. The average molecular weight is 1390 g/mol. The standard InChI is InChI=1S/C99H75BN8/c1-98(2,3)75-47-55-89-82(61-75)100-83-62-76(99(4,5)6)48-56-90(83)107(78-51-43-67(44-52-78)65-29-15-8-16-30-65)92-60-74(59-91(93(92)100)106(89)77-49-41-66(42-50-77)64-27-13-7-14-28-64)72-45-53-87-80(57-72)79-39-25-26-40-86(79)108(87)88-54-46-73(96-101-84(68-31-17-9-18-32-68)63-85(102-96)69-33-19-10-20-34-69)58-81(88)97-104-94(70-35-21-11-22-36-70)103-95(105-97)71-37-23-12-24-38-71/h7-63H,1-6H3. The van der Waals surface area contributed by atoms with Crippen molar-refractivity contribution in [3.63, 3.8) is 0 Å². The predicted octanol–water partition coefficient (Wildman–Crippen LogP) is 23.4. The minimum Gasteiger partial charge on any atom is -0.311 e. The molecule has 0 unspecified atom stereocenters. The molecule has 17 aromatic rings. The van der Waals surface area contributed by atoms with Crippen LogP contribution in [0.1, 0.15) is 52.7 Å². The maximum absolute atomic E-state index is 5.48. The van der Waals surface area contributed by atoms with E-state index in [0.29, 0.717) is 23.3 Å². The minimum absolute atomic E-state index is 0.110. The van der Waals surface area contributed by atoms with E-state index in [1.165, 1.54) is 61.1 Å². The fraction of sp³-hybridized carbons (Fsp3) is 0.0808. The highest BCUT2D eigenvalue weighted by Gasteiger charge is 2.45. The van der Waals surface area contributed by atoms with Crippen LogP contribution in [0.4, 0.5) is 34.1 Å². The summed E-state index contributed by atoms with van der Waals surface area (Å²) in [4.78, 5) is 32.0. The van der Waals surface area contributed by atoms with Gasteiger partial charge in [-0.15, -0.1) is 0 Å². The van der Waals surface area contributed by atoms with Crippen molar-refractivity contribution in [2.75, 3.05) is 9.80 Å². The highest BCUT2D eigenvalue weighted by molar-refractivity contribution is 7.00. The molecule has 0 N–H and O–H groups in total. The third-order valence-electron chi connectivity index (χ3n) is 21.6. The largest absolute Gasteiger partial charge is 0.311 e. The summed E-state index contributed by atoms with van der Waals surface area (Å²) in [6.07, 6.45) is 0. The Morgan fingerprint density at radius 1 is 0.250 bits per heavy atom. The zero-order chi connectivity index (χ0) is 72.8. The Morgan fingerprint density at radius 2 is 0.630 bits per heavy atom. The smallest absolute Gasteiger partial charge is 0.252 e. The first kappa shape index (κ1) is 65.4. The number of hydrogen-bond donors (Lipinski definition) is 0. The van der Waals surface area contributed by atoms with Crippen molar-refractivity contribution in [1.29, 1.82) is 0 Å². The van der Waals surface area contributed by atoms with Crippen molar-refractivity contribution in [2.24, 2.45) is 0 Å². The van der Waals surface area contributed by atoms with Gasteiger partial charge >= 0.3 is 0 Å². The number of rotatable bonds is 12. The molecular weight excluding hydrogens is 1310 g/mol. The van der Waals surface area contributed by atoms with Crippen molar-refractivity contribution in [3.05, 3.63) is 357 Å². The second-order valence-electron chi connectivity index (χ2n) is 30.5. The van der Waals surface area contributed by atoms with Crippen LogP contribution in [0.25, 0.3) is 129 Å². The zero-order valence-corrected chi connectivity index (χ0v) is 61.1. The van der Waals surface area contributed by atoms with E-state index in [1.807, 2.05) is 48.5 Å². The van der Waals surface area contributed by atoms with Crippen molar-refractivity contribution < 1.29 is 0 Å². The van der Waals surface area contributed by atoms with E-state index in [2.05, 4.69) is 353 Å². The molecule has 0 atom stereocenters. The average Bonchev–Trinajstić information content (AvgIpc) is 0.825. The Morgan fingerprint density at radius 3 is 1.10 bits per heavy atom. The SMILES string of the molecule is CC(C)(C)c1ccc2c(c1)B1c3cc(C(C)(C)C)ccc3N(c3ccc(-c4ccccc4)cc3)c3cc(-c4ccc5c(c4)c4ccccc4n5-c4ccc(-c5nc(-c6ccccc6)cc(-c6ccccc6)n5)cc4-c4nc(-c5ccccc5)nc(-c5ccccc5)n4)cc(c31)N2c1ccc(-c2ccccc2)cc1. The van der Waals surface area contributed by atoms with Crippen LogP contribution >= 0.6 is 0 Å². The van der Waals surface area contributed by atoms with E-state index in [-0.39, 0.29) is 17.5 Å². The normalized spacial score (nSPS) is 12.5. The monoisotopic (exact) mass is 1390 g/mol. The Labute approximate surface area is 630 Å². The molecule has 5 heterocycles. The maximum atomic E-state index is 5.48. The Bertz CT molecular complexity index is 6000. The number of hydrogen-bond acceptors (Lipinski definition) is 7. The lowest BCUT2D eigenvalue weighted by Crippen LogP contribution is -2.61. The van der Waals surface area contributed by atoms with E-state index in [1.54, 1.807) is 0 Å². The lowest BCUT2D eigenvalue weighted by Gasteiger charge is -2.45. The fourth-order valence-electron chi connectivity index (χ4n) is 16.0. The van der Waals surface area contributed by atoms with Gasteiger partial charge in [-0.05, 0) is 163 Å². The van der Waals surface area contributed by atoms with Crippen LogP contribution in [-0.4, -0.2) is 36.2 Å². The molecule has 0 fully saturated rings. The Balaban J connectivity index is 0.852. The number of fused-ring (bicyclic) bond motifs is 7. The molecule has 2 aliphatic rings. The van der Waals surface area contributed by atoms with E-state index < -0.39 is 0 Å². The summed E-state index contributed by atoms with van der Waals surface area (Å²) >= 11 is 0. The first-order valence-electron chi connectivity index (χ1n) is 37.2. The summed E-state index contributed by atoms with van der Waals surface area (Å²) in [5.41, 5.74) is 29.8. The van der Waals surface area contributed by atoms with Crippen LogP contribution in [-0.2, 0) is 10.8 Å². The van der Waals surface area contributed by atoms with Crippen LogP contribution in [0, 0.1) is 0 Å². The number of nitrogens with zero attached hydrogens (tertiary/aromatic N) is 8. The molecular formula is C99H75BN8. The minimum atomic E-state index is -0.115. The van der Waals surface area contributed by atoms with Crippen LogP contribution < -0.4 is 26.2 Å². The summed E-state index contributed by atoms with van der Waals surface area (Å²) in [7, 11) is 0. The van der Waals surface area contributed by atoms with Gasteiger partial charge in [0.05, 0.1) is 28.1 Å². The summed E-state index contributed by atoms with van der Waals surface area (Å²) in [6, 6.07) is 125. The second kappa shape index (κ2) is 26.3. The Kier molecular flexibility index (Phi) is 16.0. The molecule has 0 amide bonds. The van der Waals surface area contributed by atoms with Crippen LogP contribution in [0.15, 0.2) is 346 Å². The van der Waals surface area contributed by atoms with Crippen LogP contribution in [0.2, 0.25) is 0 Å².